The second-order valence-electron chi connectivity index (χ2n) is 7.05. The molecule has 0 spiro atoms. The van der Waals surface area contributed by atoms with Crippen LogP contribution in [0.1, 0.15) is 5.56 Å². The number of nitrogens with zero attached hydrogens (tertiary/aromatic N) is 4. The molecule has 0 unspecified atom stereocenters. The number of halogens is 1. The van der Waals surface area contributed by atoms with E-state index < -0.39 is 0 Å². The summed E-state index contributed by atoms with van der Waals surface area (Å²) in [7, 11) is 0. The summed E-state index contributed by atoms with van der Waals surface area (Å²) in [5, 5.41) is 1.93. The van der Waals surface area contributed by atoms with Gasteiger partial charge in [-0.3, -0.25) is 0 Å². The highest BCUT2D eigenvalue weighted by Crippen LogP contribution is 2.30. The Hall–Kier alpha value is -2.79. The van der Waals surface area contributed by atoms with Crippen LogP contribution in [-0.4, -0.2) is 41.1 Å². The number of benzene rings is 2. The maximum atomic E-state index is 6.15. The molecule has 0 aliphatic carbocycles. The molecule has 5 rings (SSSR count). The number of aryl methyl sites for hydroxylation is 1. The molecule has 0 atom stereocenters. The molecule has 5 nitrogen and oxygen atoms in total. The molecule has 1 aliphatic heterocycles. The molecule has 1 aliphatic rings. The fraction of sp³-hybridized carbons (Fsp3) is 0.238. The van der Waals surface area contributed by atoms with Crippen LogP contribution in [0, 0.1) is 6.92 Å². The van der Waals surface area contributed by atoms with Crippen molar-refractivity contribution >= 4 is 45.0 Å². The van der Waals surface area contributed by atoms with Gasteiger partial charge in [0.25, 0.3) is 0 Å². The molecule has 27 heavy (non-hydrogen) atoms. The maximum absolute atomic E-state index is 6.15. The van der Waals surface area contributed by atoms with Gasteiger partial charge in [0.1, 0.15) is 17.4 Å². The zero-order chi connectivity index (χ0) is 18.4. The Balaban J connectivity index is 1.45. The summed E-state index contributed by atoms with van der Waals surface area (Å²) in [6.07, 6.45) is 1.67. The molecule has 0 bridgehead atoms. The number of hydrogen-bond acceptors (Lipinski definition) is 4. The standard InChI is InChI=1S/C21H20ClN5/c1-14-5-6-17-18(11-14)25-20-19(17)23-13-24-21(20)27-9-7-26(8-10-27)16-4-2-3-15(22)12-16/h2-6,11-13,25H,7-10H2,1H3. The topological polar surface area (TPSA) is 48.1 Å². The Morgan fingerprint density at radius 1 is 0.963 bits per heavy atom. The number of nitrogens with one attached hydrogen (secondary N) is 1. The van der Waals surface area contributed by atoms with E-state index in [-0.39, 0.29) is 0 Å². The minimum Gasteiger partial charge on any atom is -0.368 e. The van der Waals surface area contributed by atoms with Crippen molar-refractivity contribution in [3.8, 4) is 0 Å². The summed E-state index contributed by atoms with van der Waals surface area (Å²) in [4.78, 5) is 17.4. The molecule has 1 fully saturated rings. The van der Waals surface area contributed by atoms with Crippen molar-refractivity contribution in [2.75, 3.05) is 36.0 Å². The smallest absolute Gasteiger partial charge is 0.156 e. The number of H-pyrrole nitrogens is 1. The minimum absolute atomic E-state index is 0.779. The predicted octanol–water partition coefficient (Wildman–Crippen LogP) is 4.40. The summed E-state index contributed by atoms with van der Waals surface area (Å²) < 4.78 is 0. The zero-order valence-electron chi connectivity index (χ0n) is 15.1. The van der Waals surface area contributed by atoms with E-state index in [2.05, 4.69) is 55.9 Å². The lowest BCUT2D eigenvalue weighted by atomic mass is 10.2. The van der Waals surface area contributed by atoms with Crippen LogP contribution >= 0.6 is 11.6 Å². The van der Waals surface area contributed by atoms with Crippen molar-refractivity contribution in [1.82, 2.24) is 15.0 Å². The highest BCUT2D eigenvalue weighted by Gasteiger charge is 2.21. The number of piperazine rings is 1. The summed E-state index contributed by atoms with van der Waals surface area (Å²) in [6.45, 7) is 5.79. The van der Waals surface area contributed by atoms with E-state index in [9.17, 15) is 0 Å². The van der Waals surface area contributed by atoms with Gasteiger partial charge >= 0.3 is 0 Å². The first kappa shape index (κ1) is 16.4. The molecule has 0 radical (unpaired) electrons. The lowest BCUT2D eigenvalue weighted by Crippen LogP contribution is -2.47. The first-order chi connectivity index (χ1) is 13.2. The molecule has 136 valence electrons. The molecule has 0 saturated carbocycles. The van der Waals surface area contributed by atoms with E-state index in [1.807, 2.05) is 18.2 Å². The van der Waals surface area contributed by atoms with Crippen molar-refractivity contribution in [3.63, 3.8) is 0 Å². The molecule has 4 aromatic rings. The van der Waals surface area contributed by atoms with Gasteiger partial charge in [0, 0.05) is 47.8 Å². The lowest BCUT2D eigenvalue weighted by Gasteiger charge is -2.36. The van der Waals surface area contributed by atoms with E-state index in [0.29, 0.717) is 0 Å². The van der Waals surface area contributed by atoms with Gasteiger partial charge < -0.3 is 14.8 Å². The Labute approximate surface area is 162 Å². The van der Waals surface area contributed by atoms with Crippen molar-refractivity contribution < 1.29 is 0 Å². The molecule has 0 amide bonds. The maximum Gasteiger partial charge on any atom is 0.156 e. The number of fused-ring (bicyclic) bond motifs is 3. The second-order valence-corrected chi connectivity index (χ2v) is 7.49. The molecule has 1 saturated heterocycles. The van der Waals surface area contributed by atoms with Crippen LogP contribution in [-0.2, 0) is 0 Å². The van der Waals surface area contributed by atoms with Gasteiger partial charge in [-0.25, -0.2) is 9.97 Å². The molecular weight excluding hydrogens is 358 g/mol. The Kier molecular flexibility index (Phi) is 3.90. The Bertz CT molecular complexity index is 1130. The highest BCUT2D eigenvalue weighted by molar-refractivity contribution is 6.30. The summed E-state index contributed by atoms with van der Waals surface area (Å²) in [5.74, 6) is 0.986. The van der Waals surface area contributed by atoms with Crippen molar-refractivity contribution in [2.24, 2.45) is 0 Å². The molecule has 6 heteroatoms. The van der Waals surface area contributed by atoms with E-state index in [0.717, 1.165) is 59.0 Å². The number of hydrogen-bond donors (Lipinski definition) is 1. The van der Waals surface area contributed by atoms with Gasteiger partial charge in [-0.05, 0) is 36.8 Å². The van der Waals surface area contributed by atoms with Crippen molar-refractivity contribution in [2.45, 2.75) is 6.92 Å². The van der Waals surface area contributed by atoms with Crippen LogP contribution < -0.4 is 9.80 Å². The largest absolute Gasteiger partial charge is 0.368 e. The fourth-order valence-corrected chi connectivity index (χ4v) is 4.07. The molecule has 1 N–H and O–H groups in total. The quantitative estimate of drug-likeness (QED) is 0.562. The van der Waals surface area contributed by atoms with Gasteiger partial charge in [-0.2, -0.15) is 0 Å². The Morgan fingerprint density at radius 3 is 2.59 bits per heavy atom. The Morgan fingerprint density at radius 2 is 1.78 bits per heavy atom. The third kappa shape index (κ3) is 2.88. The normalized spacial score (nSPS) is 15.0. The van der Waals surface area contributed by atoms with Crippen LogP contribution in [0.3, 0.4) is 0 Å². The number of aromatic amines is 1. The number of aromatic nitrogens is 3. The summed E-state index contributed by atoms with van der Waals surface area (Å²) in [5.41, 5.74) is 5.54. The van der Waals surface area contributed by atoms with Gasteiger partial charge in [0.15, 0.2) is 5.82 Å². The third-order valence-electron chi connectivity index (χ3n) is 5.27. The highest BCUT2D eigenvalue weighted by atomic mass is 35.5. The minimum atomic E-state index is 0.779. The van der Waals surface area contributed by atoms with E-state index >= 15 is 0 Å². The summed E-state index contributed by atoms with van der Waals surface area (Å²) in [6, 6.07) is 14.5. The first-order valence-corrected chi connectivity index (χ1v) is 9.55. The van der Waals surface area contributed by atoms with Crippen LogP contribution in [0.4, 0.5) is 11.5 Å². The van der Waals surface area contributed by atoms with Crippen molar-refractivity contribution in [1.29, 1.82) is 0 Å². The number of anilines is 2. The molecule has 2 aromatic carbocycles. The van der Waals surface area contributed by atoms with E-state index in [1.165, 1.54) is 11.3 Å². The van der Waals surface area contributed by atoms with Crippen molar-refractivity contribution in [3.05, 3.63) is 59.4 Å². The van der Waals surface area contributed by atoms with E-state index in [1.54, 1.807) is 6.33 Å². The lowest BCUT2D eigenvalue weighted by molar-refractivity contribution is 0.648. The fourth-order valence-electron chi connectivity index (χ4n) is 3.89. The van der Waals surface area contributed by atoms with E-state index in [4.69, 9.17) is 11.6 Å². The SMILES string of the molecule is Cc1ccc2c(c1)[nH]c1c(N3CCN(c4cccc(Cl)c4)CC3)ncnc12. The monoisotopic (exact) mass is 377 g/mol. The molecule has 2 aromatic heterocycles. The van der Waals surface area contributed by atoms with Gasteiger partial charge in [0.05, 0.1) is 0 Å². The van der Waals surface area contributed by atoms with Crippen LogP contribution in [0.2, 0.25) is 5.02 Å². The number of rotatable bonds is 2. The predicted molar refractivity (Wildman–Crippen MR) is 112 cm³/mol. The second kappa shape index (κ2) is 6.43. The summed E-state index contributed by atoms with van der Waals surface area (Å²) >= 11 is 6.15. The third-order valence-corrected chi connectivity index (χ3v) is 5.50. The average Bonchev–Trinajstić information content (AvgIpc) is 3.05. The van der Waals surface area contributed by atoms with Crippen LogP contribution in [0.5, 0.6) is 0 Å². The zero-order valence-corrected chi connectivity index (χ0v) is 15.9. The van der Waals surface area contributed by atoms with Gasteiger partial charge in [0.2, 0.25) is 0 Å². The first-order valence-electron chi connectivity index (χ1n) is 9.17. The van der Waals surface area contributed by atoms with Gasteiger partial charge in [-0.15, -0.1) is 0 Å². The van der Waals surface area contributed by atoms with Gasteiger partial charge in [-0.1, -0.05) is 29.8 Å². The molecule has 3 heterocycles. The van der Waals surface area contributed by atoms with Crippen LogP contribution in [0.25, 0.3) is 21.9 Å². The van der Waals surface area contributed by atoms with Crippen LogP contribution in [0.15, 0.2) is 48.8 Å². The molecular formula is C21H20ClN5. The average molecular weight is 378 g/mol.